The van der Waals surface area contributed by atoms with Gasteiger partial charge < -0.3 is 5.32 Å². The zero-order chi connectivity index (χ0) is 22.1. The van der Waals surface area contributed by atoms with E-state index in [1.807, 2.05) is 39.8 Å². The first-order valence-corrected chi connectivity index (χ1v) is 11.5. The van der Waals surface area contributed by atoms with Crippen molar-refractivity contribution < 1.29 is 13.2 Å². The Morgan fingerprint density at radius 2 is 1.57 bits per heavy atom. The highest BCUT2D eigenvalue weighted by atomic mass is 32.2. The molecule has 2 aromatic carbocycles. The Kier molecular flexibility index (Phi) is 6.30. The highest BCUT2D eigenvalue weighted by Crippen LogP contribution is 2.31. The van der Waals surface area contributed by atoms with E-state index in [4.69, 9.17) is 5.26 Å². The minimum atomic E-state index is -3.61. The average molecular weight is 426 g/mol. The third-order valence-electron chi connectivity index (χ3n) is 6.00. The van der Waals surface area contributed by atoms with E-state index in [2.05, 4.69) is 5.32 Å². The molecule has 2 aromatic rings. The molecule has 30 heavy (non-hydrogen) atoms. The third-order valence-corrected chi connectivity index (χ3v) is 8.17. The molecule has 0 aromatic heterocycles. The lowest BCUT2D eigenvalue weighted by Crippen LogP contribution is -2.41. The monoisotopic (exact) mass is 425 g/mol. The number of benzene rings is 2. The fourth-order valence-electron chi connectivity index (χ4n) is 3.93. The van der Waals surface area contributed by atoms with Crippen molar-refractivity contribution in [3.05, 3.63) is 58.1 Å². The van der Waals surface area contributed by atoms with Crippen molar-refractivity contribution in [1.82, 2.24) is 4.31 Å². The summed E-state index contributed by atoms with van der Waals surface area (Å²) in [6.07, 6.45) is 0.953. The van der Waals surface area contributed by atoms with Crippen LogP contribution in [0.2, 0.25) is 0 Å². The summed E-state index contributed by atoms with van der Waals surface area (Å²) in [6.45, 7) is 8.21. The van der Waals surface area contributed by atoms with E-state index < -0.39 is 10.0 Å². The van der Waals surface area contributed by atoms with Crippen LogP contribution in [0.25, 0.3) is 0 Å². The number of carbonyl (C=O) groups excluding carboxylic acids is 1. The highest BCUT2D eigenvalue weighted by Gasteiger charge is 2.34. The molecular formula is C23H27N3O3S. The fourth-order valence-corrected chi connectivity index (χ4v) is 5.97. The van der Waals surface area contributed by atoms with Crippen molar-refractivity contribution in [3.63, 3.8) is 0 Å². The molecule has 0 aliphatic carbocycles. The number of hydrogen-bond donors (Lipinski definition) is 1. The Morgan fingerprint density at radius 1 is 1.03 bits per heavy atom. The smallest absolute Gasteiger partial charge is 0.243 e. The van der Waals surface area contributed by atoms with Crippen LogP contribution in [0.3, 0.4) is 0 Å². The third kappa shape index (κ3) is 4.25. The zero-order valence-corrected chi connectivity index (χ0v) is 18.6. The Labute approximate surface area is 178 Å². The Morgan fingerprint density at radius 3 is 2.07 bits per heavy atom. The molecule has 1 fully saturated rings. The van der Waals surface area contributed by atoms with Gasteiger partial charge in [0.2, 0.25) is 15.9 Å². The number of aryl methyl sites for hydroxylation is 2. The number of hydrogen-bond acceptors (Lipinski definition) is 4. The summed E-state index contributed by atoms with van der Waals surface area (Å²) in [7, 11) is -3.61. The lowest BCUT2D eigenvalue weighted by atomic mass is 9.97. The summed E-state index contributed by atoms with van der Waals surface area (Å²) in [6, 6.07) is 10.8. The molecule has 158 valence electrons. The van der Waals surface area contributed by atoms with Gasteiger partial charge >= 0.3 is 0 Å². The van der Waals surface area contributed by atoms with Crippen LogP contribution in [0.1, 0.15) is 40.7 Å². The van der Waals surface area contributed by atoms with Gasteiger partial charge in [-0.3, -0.25) is 4.79 Å². The molecule has 0 unspecified atom stereocenters. The molecule has 7 heteroatoms. The van der Waals surface area contributed by atoms with Crippen LogP contribution in [0.5, 0.6) is 0 Å². The summed E-state index contributed by atoms with van der Waals surface area (Å²) in [5.74, 6) is -0.357. The number of nitriles is 1. The van der Waals surface area contributed by atoms with Crippen LogP contribution < -0.4 is 5.32 Å². The first kappa shape index (κ1) is 22.0. The molecule has 1 aliphatic rings. The van der Waals surface area contributed by atoms with Gasteiger partial charge in [0.1, 0.15) is 0 Å². The second-order valence-electron chi connectivity index (χ2n) is 7.95. The second kappa shape index (κ2) is 8.58. The molecule has 1 saturated heterocycles. The minimum absolute atomic E-state index is 0.115. The molecule has 0 radical (unpaired) electrons. The van der Waals surface area contributed by atoms with Gasteiger partial charge in [-0.15, -0.1) is 0 Å². The number of sulfonamides is 1. The lowest BCUT2D eigenvalue weighted by Gasteiger charge is -2.31. The van der Waals surface area contributed by atoms with Gasteiger partial charge in [-0.05, 0) is 87.1 Å². The molecule has 1 aliphatic heterocycles. The van der Waals surface area contributed by atoms with E-state index in [-0.39, 0.29) is 11.8 Å². The standard InChI is InChI=1S/C23H27N3O3S/c1-15-13-16(2)18(4)22(17(15)3)30(28,29)26-11-9-20(10-12-26)23(27)25-21-7-5-19(14-24)6-8-21/h5-8,13,20H,9-12H2,1-4H3,(H,25,27). The van der Waals surface area contributed by atoms with Crippen LogP contribution in [0, 0.1) is 44.9 Å². The number of nitrogens with one attached hydrogen (secondary N) is 1. The molecule has 0 atom stereocenters. The minimum Gasteiger partial charge on any atom is -0.326 e. The molecular weight excluding hydrogens is 398 g/mol. The van der Waals surface area contributed by atoms with Crippen molar-refractivity contribution in [3.8, 4) is 6.07 Å². The van der Waals surface area contributed by atoms with Gasteiger partial charge in [0.25, 0.3) is 0 Å². The van der Waals surface area contributed by atoms with E-state index in [1.165, 1.54) is 4.31 Å². The molecule has 1 heterocycles. The molecule has 3 rings (SSSR count). The van der Waals surface area contributed by atoms with Crippen molar-refractivity contribution >= 4 is 21.6 Å². The van der Waals surface area contributed by atoms with Crippen LogP contribution in [-0.4, -0.2) is 31.7 Å². The van der Waals surface area contributed by atoms with E-state index in [0.29, 0.717) is 42.1 Å². The summed E-state index contributed by atoms with van der Waals surface area (Å²) in [4.78, 5) is 13.0. The number of amides is 1. The first-order chi connectivity index (χ1) is 14.1. The molecule has 0 saturated carbocycles. The van der Waals surface area contributed by atoms with Crippen LogP contribution in [0.4, 0.5) is 5.69 Å². The molecule has 1 amide bonds. The summed E-state index contributed by atoms with van der Waals surface area (Å²) >= 11 is 0. The summed E-state index contributed by atoms with van der Waals surface area (Å²) in [5, 5.41) is 11.7. The number of nitrogens with zero attached hydrogens (tertiary/aromatic N) is 2. The number of anilines is 1. The van der Waals surface area contributed by atoms with Crippen molar-refractivity contribution in [2.75, 3.05) is 18.4 Å². The fraction of sp³-hybridized carbons (Fsp3) is 0.391. The number of piperidine rings is 1. The van der Waals surface area contributed by atoms with Crippen LogP contribution in [-0.2, 0) is 14.8 Å². The van der Waals surface area contributed by atoms with Crippen LogP contribution >= 0.6 is 0 Å². The van der Waals surface area contributed by atoms with E-state index in [1.54, 1.807) is 24.3 Å². The van der Waals surface area contributed by atoms with E-state index in [9.17, 15) is 13.2 Å². The largest absolute Gasteiger partial charge is 0.326 e. The van der Waals surface area contributed by atoms with Crippen molar-refractivity contribution in [1.29, 1.82) is 5.26 Å². The zero-order valence-electron chi connectivity index (χ0n) is 17.8. The number of carbonyl (C=O) groups is 1. The molecule has 1 N–H and O–H groups in total. The lowest BCUT2D eigenvalue weighted by molar-refractivity contribution is -0.120. The van der Waals surface area contributed by atoms with Crippen LogP contribution in [0.15, 0.2) is 35.2 Å². The van der Waals surface area contributed by atoms with Gasteiger partial charge in [-0.1, -0.05) is 6.07 Å². The van der Waals surface area contributed by atoms with Gasteiger partial charge in [-0.2, -0.15) is 9.57 Å². The van der Waals surface area contributed by atoms with E-state index >= 15 is 0 Å². The Bertz CT molecular complexity index is 1080. The summed E-state index contributed by atoms with van der Waals surface area (Å²) < 4.78 is 28.2. The average Bonchev–Trinajstić information content (AvgIpc) is 2.73. The first-order valence-electron chi connectivity index (χ1n) is 10.0. The highest BCUT2D eigenvalue weighted by molar-refractivity contribution is 7.89. The maximum atomic E-state index is 13.4. The Hall–Kier alpha value is -2.69. The van der Waals surface area contributed by atoms with Crippen molar-refractivity contribution in [2.24, 2.45) is 5.92 Å². The maximum absolute atomic E-state index is 13.4. The SMILES string of the molecule is Cc1cc(C)c(C)c(S(=O)(=O)N2CCC(C(=O)Nc3ccc(C#N)cc3)CC2)c1C. The number of rotatable bonds is 4. The maximum Gasteiger partial charge on any atom is 0.243 e. The predicted octanol–water partition coefficient (Wildman–Crippen LogP) is 3.83. The van der Waals surface area contributed by atoms with Gasteiger partial charge in [0, 0.05) is 24.7 Å². The predicted molar refractivity (Wildman–Crippen MR) is 117 cm³/mol. The van der Waals surface area contributed by atoms with Gasteiger partial charge in [0.15, 0.2) is 0 Å². The van der Waals surface area contributed by atoms with Gasteiger partial charge in [-0.25, -0.2) is 8.42 Å². The Balaban J connectivity index is 1.70. The van der Waals surface area contributed by atoms with Gasteiger partial charge in [0.05, 0.1) is 16.5 Å². The second-order valence-corrected chi connectivity index (χ2v) is 9.82. The van der Waals surface area contributed by atoms with Crippen molar-refractivity contribution in [2.45, 2.75) is 45.4 Å². The molecule has 0 bridgehead atoms. The molecule has 0 spiro atoms. The molecule has 6 nitrogen and oxygen atoms in total. The van der Waals surface area contributed by atoms with E-state index in [0.717, 1.165) is 22.3 Å². The topological polar surface area (TPSA) is 90.3 Å². The quantitative estimate of drug-likeness (QED) is 0.806. The summed E-state index contributed by atoms with van der Waals surface area (Å²) in [5.41, 5.74) is 4.68. The normalized spacial score (nSPS) is 15.6.